The number of hydrogen-bond donors (Lipinski definition) is 1. The summed E-state index contributed by atoms with van der Waals surface area (Å²) in [6, 6.07) is 3.72. The van der Waals surface area contributed by atoms with Gasteiger partial charge in [-0.15, -0.1) is 0 Å². The summed E-state index contributed by atoms with van der Waals surface area (Å²) < 4.78 is 5.06. The van der Waals surface area contributed by atoms with E-state index in [9.17, 15) is 4.79 Å². The highest BCUT2D eigenvalue weighted by molar-refractivity contribution is 5.84. The zero-order valence-electron chi connectivity index (χ0n) is 10.5. The van der Waals surface area contributed by atoms with E-state index in [0.717, 1.165) is 18.4 Å². The number of rotatable bonds is 6. The third-order valence-corrected chi connectivity index (χ3v) is 2.46. The van der Waals surface area contributed by atoms with Gasteiger partial charge in [-0.25, -0.2) is 9.78 Å². The van der Waals surface area contributed by atoms with E-state index in [-0.39, 0.29) is 0 Å². The van der Waals surface area contributed by atoms with Crippen molar-refractivity contribution in [1.29, 1.82) is 0 Å². The van der Waals surface area contributed by atoms with E-state index < -0.39 is 6.09 Å². The summed E-state index contributed by atoms with van der Waals surface area (Å²) in [6.07, 6.45) is 5.60. The van der Waals surface area contributed by atoms with Crippen LogP contribution in [-0.4, -0.2) is 17.7 Å². The summed E-state index contributed by atoms with van der Waals surface area (Å²) in [5, 5.41) is 2.63. The molecule has 0 atom stereocenters. The van der Waals surface area contributed by atoms with E-state index >= 15 is 0 Å². The third kappa shape index (κ3) is 5.33. The number of ether oxygens (including phenoxy) is 1. The number of aromatic nitrogens is 1. The fourth-order valence-electron chi connectivity index (χ4n) is 1.44. The Morgan fingerprint density at radius 3 is 2.94 bits per heavy atom. The zero-order valence-corrected chi connectivity index (χ0v) is 10.5. The molecule has 0 spiro atoms. The maximum absolute atomic E-state index is 11.4. The highest BCUT2D eigenvalue weighted by atomic mass is 16.5. The molecule has 0 radical (unpaired) electrons. The molecule has 4 nitrogen and oxygen atoms in total. The number of pyridine rings is 1. The number of aryl methyl sites for hydroxylation is 1. The van der Waals surface area contributed by atoms with Crippen LogP contribution < -0.4 is 5.32 Å². The van der Waals surface area contributed by atoms with Gasteiger partial charge >= 0.3 is 6.09 Å². The van der Waals surface area contributed by atoms with E-state index in [2.05, 4.69) is 17.2 Å². The number of carbonyl (C=O) groups excluding carboxylic acids is 1. The first-order valence-corrected chi connectivity index (χ1v) is 6.09. The van der Waals surface area contributed by atoms with Gasteiger partial charge in [0.05, 0.1) is 6.61 Å². The lowest BCUT2D eigenvalue weighted by Gasteiger charge is -2.07. The summed E-state index contributed by atoms with van der Waals surface area (Å²) in [5.41, 5.74) is 0.926. The number of nitrogens with one attached hydrogen (secondary N) is 1. The van der Waals surface area contributed by atoms with Gasteiger partial charge < -0.3 is 4.74 Å². The van der Waals surface area contributed by atoms with Crippen molar-refractivity contribution in [3.8, 4) is 0 Å². The SMILES string of the molecule is CCCCCCOC(=O)Nc1ncccc1C. The highest BCUT2D eigenvalue weighted by Crippen LogP contribution is 2.09. The fraction of sp³-hybridized carbons (Fsp3) is 0.538. The molecule has 1 aromatic rings. The second-order valence-corrected chi connectivity index (χ2v) is 3.99. The second-order valence-electron chi connectivity index (χ2n) is 3.99. The molecule has 1 aromatic heterocycles. The minimum atomic E-state index is -0.428. The molecular weight excluding hydrogens is 216 g/mol. The summed E-state index contributed by atoms with van der Waals surface area (Å²) in [6.45, 7) is 4.51. The van der Waals surface area contributed by atoms with Crippen molar-refractivity contribution in [3.05, 3.63) is 23.9 Å². The van der Waals surface area contributed by atoms with E-state index in [1.807, 2.05) is 19.1 Å². The van der Waals surface area contributed by atoms with Gasteiger partial charge in [-0.05, 0) is 25.0 Å². The highest BCUT2D eigenvalue weighted by Gasteiger charge is 2.05. The molecule has 1 rings (SSSR count). The topological polar surface area (TPSA) is 51.2 Å². The standard InChI is InChI=1S/C13H20N2O2/c1-3-4-5-6-10-17-13(16)15-12-11(2)8-7-9-14-12/h7-9H,3-6,10H2,1-2H3,(H,14,15,16). The predicted octanol–water partition coefficient (Wildman–Crippen LogP) is 3.52. The summed E-state index contributed by atoms with van der Waals surface area (Å²) in [7, 11) is 0. The van der Waals surface area contributed by atoms with E-state index in [4.69, 9.17) is 4.74 Å². The molecule has 1 N–H and O–H groups in total. The van der Waals surface area contributed by atoms with Crippen LogP contribution in [0.1, 0.15) is 38.2 Å². The molecule has 0 aliphatic carbocycles. The van der Waals surface area contributed by atoms with Crippen molar-refractivity contribution in [1.82, 2.24) is 4.98 Å². The first-order chi connectivity index (χ1) is 8.24. The fourth-order valence-corrected chi connectivity index (χ4v) is 1.44. The Kier molecular flexibility index (Phi) is 6.07. The molecule has 0 aromatic carbocycles. The van der Waals surface area contributed by atoms with Crippen molar-refractivity contribution in [2.75, 3.05) is 11.9 Å². The average Bonchev–Trinajstić information content (AvgIpc) is 2.32. The molecule has 0 bridgehead atoms. The lowest BCUT2D eigenvalue weighted by atomic mass is 10.2. The maximum Gasteiger partial charge on any atom is 0.412 e. The Hall–Kier alpha value is -1.58. The van der Waals surface area contributed by atoms with Crippen molar-refractivity contribution >= 4 is 11.9 Å². The van der Waals surface area contributed by atoms with Gasteiger partial charge in [0.15, 0.2) is 0 Å². The van der Waals surface area contributed by atoms with Crippen LogP contribution in [-0.2, 0) is 4.74 Å². The van der Waals surface area contributed by atoms with Gasteiger partial charge in [0.25, 0.3) is 0 Å². The van der Waals surface area contributed by atoms with Crippen molar-refractivity contribution in [2.24, 2.45) is 0 Å². The zero-order chi connectivity index (χ0) is 12.5. The van der Waals surface area contributed by atoms with Gasteiger partial charge in [-0.1, -0.05) is 32.3 Å². The molecule has 17 heavy (non-hydrogen) atoms. The van der Waals surface area contributed by atoms with Crippen LogP contribution in [0, 0.1) is 6.92 Å². The monoisotopic (exact) mass is 236 g/mol. The molecule has 0 aliphatic rings. The number of anilines is 1. The Bertz CT molecular complexity index is 353. The number of nitrogens with zero attached hydrogens (tertiary/aromatic N) is 1. The minimum absolute atomic E-state index is 0.428. The molecule has 4 heteroatoms. The third-order valence-electron chi connectivity index (χ3n) is 2.46. The largest absolute Gasteiger partial charge is 0.449 e. The molecule has 0 aliphatic heterocycles. The molecule has 1 amide bonds. The molecule has 0 fully saturated rings. The average molecular weight is 236 g/mol. The Morgan fingerprint density at radius 1 is 1.41 bits per heavy atom. The number of carbonyl (C=O) groups is 1. The second kappa shape index (κ2) is 7.65. The normalized spacial score (nSPS) is 10.0. The summed E-state index contributed by atoms with van der Waals surface area (Å²) >= 11 is 0. The Morgan fingerprint density at radius 2 is 2.24 bits per heavy atom. The molecule has 0 saturated carbocycles. The first-order valence-electron chi connectivity index (χ1n) is 6.09. The van der Waals surface area contributed by atoms with Crippen LogP contribution in [0.25, 0.3) is 0 Å². The van der Waals surface area contributed by atoms with Crippen LogP contribution in [0.2, 0.25) is 0 Å². The summed E-state index contributed by atoms with van der Waals surface area (Å²) in [5.74, 6) is 0.561. The van der Waals surface area contributed by atoms with Crippen molar-refractivity contribution < 1.29 is 9.53 Å². The van der Waals surface area contributed by atoms with Crippen molar-refractivity contribution in [2.45, 2.75) is 39.5 Å². The quantitative estimate of drug-likeness (QED) is 0.769. The molecule has 1 heterocycles. The van der Waals surface area contributed by atoms with Gasteiger partial charge in [-0.2, -0.15) is 0 Å². The first kappa shape index (κ1) is 13.5. The van der Waals surface area contributed by atoms with E-state index in [1.165, 1.54) is 12.8 Å². The van der Waals surface area contributed by atoms with Gasteiger partial charge in [0.2, 0.25) is 0 Å². The molecule has 0 saturated heterocycles. The number of amides is 1. The van der Waals surface area contributed by atoms with Crippen LogP contribution in [0.5, 0.6) is 0 Å². The lowest BCUT2D eigenvalue weighted by molar-refractivity contribution is 0.159. The van der Waals surface area contributed by atoms with Crippen LogP contribution in [0.4, 0.5) is 10.6 Å². The van der Waals surface area contributed by atoms with Gasteiger partial charge in [-0.3, -0.25) is 5.32 Å². The minimum Gasteiger partial charge on any atom is -0.449 e. The predicted molar refractivity (Wildman–Crippen MR) is 68.1 cm³/mol. The van der Waals surface area contributed by atoms with Gasteiger partial charge in [0, 0.05) is 6.20 Å². The smallest absolute Gasteiger partial charge is 0.412 e. The molecule has 94 valence electrons. The van der Waals surface area contributed by atoms with Crippen LogP contribution in [0.15, 0.2) is 18.3 Å². The lowest BCUT2D eigenvalue weighted by Crippen LogP contribution is -2.16. The van der Waals surface area contributed by atoms with Crippen molar-refractivity contribution in [3.63, 3.8) is 0 Å². The number of unbranched alkanes of at least 4 members (excludes halogenated alkanes) is 3. The Balaban J connectivity index is 2.23. The van der Waals surface area contributed by atoms with E-state index in [0.29, 0.717) is 12.4 Å². The summed E-state index contributed by atoms with van der Waals surface area (Å²) in [4.78, 5) is 15.5. The molecule has 0 unspecified atom stereocenters. The van der Waals surface area contributed by atoms with Crippen LogP contribution in [0.3, 0.4) is 0 Å². The van der Waals surface area contributed by atoms with Gasteiger partial charge in [0.1, 0.15) is 5.82 Å². The van der Waals surface area contributed by atoms with E-state index in [1.54, 1.807) is 6.20 Å². The maximum atomic E-state index is 11.4. The van der Waals surface area contributed by atoms with Crippen LogP contribution >= 0.6 is 0 Å². The molecular formula is C13H20N2O2. The number of hydrogen-bond acceptors (Lipinski definition) is 3. The Labute approximate surface area is 102 Å².